The molecule has 4 nitrogen and oxygen atoms in total. The van der Waals surface area contributed by atoms with Gasteiger partial charge in [-0.3, -0.25) is 4.79 Å². The highest BCUT2D eigenvalue weighted by Crippen LogP contribution is 2.31. The van der Waals surface area contributed by atoms with Crippen LogP contribution in [0.1, 0.15) is 37.7 Å². The summed E-state index contributed by atoms with van der Waals surface area (Å²) < 4.78 is 1.91. The minimum absolute atomic E-state index is 0.0670. The normalized spacial score (nSPS) is 12.3. The molecule has 0 aliphatic heterocycles. The van der Waals surface area contributed by atoms with Crippen molar-refractivity contribution in [3.63, 3.8) is 0 Å². The fourth-order valence-electron chi connectivity index (χ4n) is 3.02. The molecule has 1 aromatic heterocycles. The Hall–Kier alpha value is -1.75. The largest absolute Gasteiger partial charge is 0.354 e. The molecule has 2 aromatic carbocycles. The lowest BCUT2D eigenvalue weighted by atomic mass is 10.1. The van der Waals surface area contributed by atoms with Gasteiger partial charge in [-0.15, -0.1) is 0 Å². The number of carbonyl (C=O) groups is 1. The van der Waals surface area contributed by atoms with Crippen LogP contribution in [0.5, 0.6) is 0 Å². The smallest absolute Gasteiger partial charge is 0.242 e. The summed E-state index contributed by atoms with van der Waals surface area (Å²) in [5.41, 5.74) is 2.40. The molecule has 142 valence electrons. The van der Waals surface area contributed by atoms with Crippen LogP contribution in [0.15, 0.2) is 36.4 Å². The Labute approximate surface area is 173 Å². The number of hydrogen-bond donors (Lipinski definition) is 1. The molecule has 0 radical (unpaired) electrons. The van der Waals surface area contributed by atoms with Crippen molar-refractivity contribution in [2.24, 2.45) is 0 Å². The van der Waals surface area contributed by atoms with E-state index in [2.05, 4.69) is 5.32 Å². The van der Waals surface area contributed by atoms with E-state index >= 15 is 0 Å². The molecule has 1 N–H and O–H groups in total. The number of imidazole rings is 1. The molecule has 0 bridgehead atoms. The van der Waals surface area contributed by atoms with Crippen LogP contribution >= 0.6 is 34.8 Å². The average molecular weight is 425 g/mol. The molecule has 7 heteroatoms. The molecule has 0 spiro atoms. The van der Waals surface area contributed by atoms with Gasteiger partial charge in [0.15, 0.2) is 0 Å². The lowest BCUT2D eigenvalue weighted by molar-refractivity contribution is -0.123. The van der Waals surface area contributed by atoms with E-state index in [1.54, 1.807) is 12.1 Å². The van der Waals surface area contributed by atoms with Crippen molar-refractivity contribution in [3.05, 3.63) is 62.9 Å². The predicted octanol–water partition coefficient (Wildman–Crippen LogP) is 5.67. The number of fused-ring (bicyclic) bond motifs is 1. The zero-order valence-electron chi connectivity index (χ0n) is 15.1. The van der Waals surface area contributed by atoms with Crippen molar-refractivity contribution in [1.82, 2.24) is 14.9 Å². The molecule has 0 saturated heterocycles. The molecule has 1 amide bonds. The molecule has 1 atom stereocenters. The number of aromatic nitrogens is 2. The molecule has 3 rings (SSSR count). The van der Waals surface area contributed by atoms with Gasteiger partial charge in [0, 0.05) is 18.0 Å². The minimum atomic E-state index is -0.448. The third kappa shape index (κ3) is 4.23. The van der Waals surface area contributed by atoms with Crippen LogP contribution < -0.4 is 5.32 Å². The maximum atomic E-state index is 12.6. The van der Waals surface area contributed by atoms with E-state index in [4.69, 9.17) is 39.8 Å². The third-order valence-corrected chi connectivity index (χ3v) is 5.52. The Bertz CT molecular complexity index is 984. The molecular weight excluding hydrogens is 405 g/mol. The summed E-state index contributed by atoms with van der Waals surface area (Å²) in [4.78, 5) is 17.3. The van der Waals surface area contributed by atoms with Gasteiger partial charge in [-0.1, -0.05) is 59.9 Å². The number of halogens is 3. The van der Waals surface area contributed by atoms with Gasteiger partial charge in [0.2, 0.25) is 5.91 Å². The van der Waals surface area contributed by atoms with Gasteiger partial charge in [-0.25, -0.2) is 4.98 Å². The van der Waals surface area contributed by atoms with E-state index in [9.17, 15) is 4.79 Å². The Morgan fingerprint density at radius 3 is 2.56 bits per heavy atom. The third-order valence-electron chi connectivity index (χ3n) is 4.43. The van der Waals surface area contributed by atoms with Crippen LogP contribution in [0.4, 0.5) is 0 Å². The molecule has 0 aliphatic carbocycles. The van der Waals surface area contributed by atoms with Gasteiger partial charge in [0.25, 0.3) is 0 Å². The molecule has 3 aromatic rings. The molecular formula is C20H20Cl3N3O. The molecule has 27 heavy (non-hydrogen) atoms. The molecule has 1 heterocycles. The van der Waals surface area contributed by atoms with Gasteiger partial charge >= 0.3 is 0 Å². The van der Waals surface area contributed by atoms with Crippen molar-refractivity contribution in [3.8, 4) is 0 Å². The summed E-state index contributed by atoms with van der Waals surface area (Å²) in [5, 5.41) is 4.46. The summed E-state index contributed by atoms with van der Waals surface area (Å²) in [5.74, 6) is 0.665. The second-order valence-corrected chi connectivity index (χ2v) is 7.61. The first-order valence-electron chi connectivity index (χ1n) is 8.79. The van der Waals surface area contributed by atoms with Crippen molar-refractivity contribution < 1.29 is 4.79 Å². The first kappa shape index (κ1) is 20.0. The standard InChI is InChI=1S/C20H20Cl3N3O/c1-3-8-24-20(27)12(2)26-18-11-16(23)15(22)10-17(18)25-19(26)9-13-6-4-5-7-14(13)21/h4-7,10-12H,3,8-9H2,1-2H3,(H,24,27)/t12-/m1/s1. The monoisotopic (exact) mass is 423 g/mol. The first-order valence-corrected chi connectivity index (χ1v) is 9.92. The zero-order chi connectivity index (χ0) is 19.6. The SMILES string of the molecule is CCCNC(=O)[C@@H](C)n1c(Cc2ccccc2Cl)nc2cc(Cl)c(Cl)cc21. The van der Waals surface area contributed by atoms with Crippen molar-refractivity contribution >= 4 is 51.7 Å². The summed E-state index contributed by atoms with van der Waals surface area (Å²) >= 11 is 18.7. The van der Waals surface area contributed by atoms with E-state index in [0.29, 0.717) is 33.6 Å². The van der Waals surface area contributed by atoms with Crippen LogP contribution in [0.25, 0.3) is 11.0 Å². The van der Waals surface area contributed by atoms with Crippen molar-refractivity contribution in [2.45, 2.75) is 32.7 Å². The number of carbonyl (C=O) groups excluding carboxylic acids is 1. The van der Waals surface area contributed by atoms with E-state index in [1.165, 1.54) is 0 Å². The second-order valence-electron chi connectivity index (χ2n) is 6.39. The quantitative estimate of drug-likeness (QED) is 0.554. The fraction of sp³-hybridized carbons (Fsp3) is 0.300. The summed E-state index contributed by atoms with van der Waals surface area (Å²) in [6.07, 6.45) is 1.37. The van der Waals surface area contributed by atoms with Gasteiger partial charge in [-0.2, -0.15) is 0 Å². The van der Waals surface area contributed by atoms with Crippen LogP contribution in [0, 0.1) is 0 Å². The van der Waals surface area contributed by atoms with E-state index in [1.807, 2.05) is 42.7 Å². The first-order chi connectivity index (χ1) is 12.9. The van der Waals surface area contributed by atoms with Crippen LogP contribution in [0.3, 0.4) is 0 Å². The molecule has 0 fully saturated rings. The zero-order valence-corrected chi connectivity index (χ0v) is 17.4. The summed E-state index contributed by atoms with van der Waals surface area (Å²) in [7, 11) is 0. The number of nitrogens with one attached hydrogen (secondary N) is 1. The van der Waals surface area contributed by atoms with Crippen LogP contribution in [-0.2, 0) is 11.2 Å². The number of nitrogens with zero attached hydrogens (tertiary/aromatic N) is 2. The van der Waals surface area contributed by atoms with Crippen molar-refractivity contribution in [2.75, 3.05) is 6.54 Å². The van der Waals surface area contributed by atoms with Gasteiger partial charge < -0.3 is 9.88 Å². The highest BCUT2D eigenvalue weighted by molar-refractivity contribution is 6.42. The van der Waals surface area contributed by atoms with Gasteiger partial charge in [0.1, 0.15) is 11.9 Å². The van der Waals surface area contributed by atoms with Crippen LogP contribution in [-0.4, -0.2) is 22.0 Å². The number of amides is 1. The highest BCUT2D eigenvalue weighted by Gasteiger charge is 2.22. The fourth-order valence-corrected chi connectivity index (χ4v) is 3.54. The van der Waals surface area contributed by atoms with E-state index < -0.39 is 6.04 Å². The Balaban J connectivity index is 2.11. The lowest BCUT2D eigenvalue weighted by Gasteiger charge is -2.18. The minimum Gasteiger partial charge on any atom is -0.354 e. The van der Waals surface area contributed by atoms with Crippen molar-refractivity contribution in [1.29, 1.82) is 0 Å². The number of hydrogen-bond acceptors (Lipinski definition) is 2. The highest BCUT2D eigenvalue weighted by atomic mass is 35.5. The topological polar surface area (TPSA) is 46.9 Å². The second kappa shape index (κ2) is 8.51. The average Bonchev–Trinajstić information content (AvgIpc) is 2.98. The summed E-state index contributed by atoms with van der Waals surface area (Å²) in [6, 6.07) is 10.6. The lowest BCUT2D eigenvalue weighted by Crippen LogP contribution is -2.32. The van der Waals surface area contributed by atoms with Gasteiger partial charge in [-0.05, 0) is 37.1 Å². The van der Waals surface area contributed by atoms with E-state index in [-0.39, 0.29) is 5.91 Å². The molecule has 0 saturated carbocycles. The molecule has 0 unspecified atom stereocenters. The predicted molar refractivity (Wildman–Crippen MR) is 112 cm³/mol. The Morgan fingerprint density at radius 2 is 1.85 bits per heavy atom. The number of rotatable bonds is 6. The Kier molecular flexibility index (Phi) is 6.30. The van der Waals surface area contributed by atoms with Gasteiger partial charge in [0.05, 0.1) is 21.1 Å². The Morgan fingerprint density at radius 1 is 1.15 bits per heavy atom. The number of benzene rings is 2. The van der Waals surface area contributed by atoms with E-state index in [0.717, 1.165) is 23.3 Å². The van der Waals surface area contributed by atoms with Crippen LogP contribution in [0.2, 0.25) is 15.1 Å². The maximum absolute atomic E-state index is 12.6. The maximum Gasteiger partial charge on any atom is 0.242 e. The summed E-state index contributed by atoms with van der Waals surface area (Å²) in [6.45, 7) is 4.50. The molecule has 0 aliphatic rings.